The summed E-state index contributed by atoms with van der Waals surface area (Å²) in [6.45, 7) is 2.02. The minimum atomic E-state index is -0.522. The van der Waals surface area contributed by atoms with Crippen LogP contribution in [0, 0.1) is 0 Å². The van der Waals surface area contributed by atoms with Gasteiger partial charge in [0.15, 0.2) is 0 Å². The normalized spacial score (nSPS) is 18.1. The standard InChI is InChI=1S/C15H20N2O3/c1-4-14(18)17-13(10-20-15(17)19)9-11-5-7-12(8-6-11)16(2)3/h5-8,13H,4,9-10H2,1-3H3/t13-/m0/s1. The molecular formula is C15H20N2O3. The average Bonchev–Trinajstić information content (AvgIpc) is 2.79. The molecule has 1 atom stereocenters. The number of cyclic esters (lactones) is 1. The van der Waals surface area contributed by atoms with Crippen molar-refractivity contribution in [1.82, 2.24) is 4.90 Å². The summed E-state index contributed by atoms with van der Waals surface area (Å²) in [4.78, 5) is 26.7. The number of rotatable bonds is 4. The SMILES string of the molecule is CCC(=O)N1C(=O)OC[C@@H]1Cc1ccc(N(C)C)cc1. The van der Waals surface area contributed by atoms with Gasteiger partial charge in [0.1, 0.15) is 6.61 Å². The molecule has 0 spiro atoms. The van der Waals surface area contributed by atoms with Crippen molar-refractivity contribution in [3.05, 3.63) is 29.8 Å². The zero-order valence-corrected chi connectivity index (χ0v) is 12.1. The molecule has 0 saturated carbocycles. The molecule has 5 heteroatoms. The van der Waals surface area contributed by atoms with Gasteiger partial charge in [-0.05, 0) is 24.1 Å². The van der Waals surface area contributed by atoms with Crippen LogP contribution in [0.4, 0.5) is 10.5 Å². The molecule has 1 fully saturated rings. The molecule has 2 rings (SSSR count). The highest BCUT2D eigenvalue weighted by molar-refractivity contribution is 5.93. The van der Waals surface area contributed by atoms with Crippen molar-refractivity contribution in [3.8, 4) is 0 Å². The Bertz CT molecular complexity index is 496. The van der Waals surface area contributed by atoms with Crippen LogP contribution in [0.5, 0.6) is 0 Å². The van der Waals surface area contributed by atoms with E-state index < -0.39 is 6.09 Å². The highest BCUT2D eigenvalue weighted by Crippen LogP contribution is 2.20. The molecule has 1 aromatic carbocycles. The summed E-state index contributed by atoms with van der Waals surface area (Å²) in [6.07, 6.45) is 0.419. The van der Waals surface area contributed by atoms with E-state index in [0.29, 0.717) is 12.8 Å². The molecule has 0 N–H and O–H groups in total. The third-order valence-corrected chi connectivity index (χ3v) is 3.46. The van der Waals surface area contributed by atoms with Crippen LogP contribution in [-0.2, 0) is 16.0 Å². The van der Waals surface area contributed by atoms with Crippen molar-refractivity contribution < 1.29 is 14.3 Å². The maximum absolute atomic E-state index is 11.8. The highest BCUT2D eigenvalue weighted by atomic mass is 16.6. The van der Waals surface area contributed by atoms with Crippen molar-refractivity contribution >= 4 is 17.7 Å². The molecule has 108 valence electrons. The van der Waals surface area contributed by atoms with Crippen LogP contribution in [0.3, 0.4) is 0 Å². The predicted octanol–water partition coefficient (Wildman–Crippen LogP) is 2.05. The topological polar surface area (TPSA) is 49.9 Å². The zero-order valence-electron chi connectivity index (χ0n) is 12.1. The molecule has 0 radical (unpaired) electrons. The maximum atomic E-state index is 11.8. The van der Waals surface area contributed by atoms with Gasteiger partial charge in [0.2, 0.25) is 5.91 Å². The molecule has 0 bridgehead atoms. The molecule has 2 amide bonds. The van der Waals surface area contributed by atoms with E-state index in [4.69, 9.17) is 4.74 Å². The number of carbonyl (C=O) groups is 2. The van der Waals surface area contributed by atoms with E-state index >= 15 is 0 Å². The largest absolute Gasteiger partial charge is 0.447 e. The van der Waals surface area contributed by atoms with Gasteiger partial charge in [-0.25, -0.2) is 9.69 Å². The maximum Gasteiger partial charge on any atom is 0.416 e. The quantitative estimate of drug-likeness (QED) is 0.844. The first-order valence-corrected chi connectivity index (χ1v) is 6.78. The first kappa shape index (κ1) is 14.4. The number of ether oxygens (including phenoxy) is 1. The van der Waals surface area contributed by atoms with Crippen LogP contribution in [-0.4, -0.2) is 43.6 Å². The van der Waals surface area contributed by atoms with Crippen LogP contribution < -0.4 is 4.90 Å². The first-order chi connectivity index (χ1) is 9.52. The molecule has 1 aliphatic heterocycles. The van der Waals surface area contributed by atoms with Crippen LogP contribution in [0.25, 0.3) is 0 Å². The molecule has 20 heavy (non-hydrogen) atoms. The number of nitrogens with zero attached hydrogens (tertiary/aromatic N) is 2. The lowest BCUT2D eigenvalue weighted by atomic mass is 10.1. The second-order valence-electron chi connectivity index (χ2n) is 5.11. The van der Waals surface area contributed by atoms with Crippen molar-refractivity contribution in [2.75, 3.05) is 25.6 Å². The Morgan fingerprint density at radius 2 is 2.00 bits per heavy atom. The minimum absolute atomic E-state index is 0.178. The average molecular weight is 276 g/mol. The summed E-state index contributed by atoms with van der Waals surface area (Å²) < 4.78 is 4.99. The molecule has 1 aromatic rings. The summed E-state index contributed by atoms with van der Waals surface area (Å²) >= 11 is 0. The molecule has 0 aromatic heterocycles. The van der Waals surface area contributed by atoms with E-state index in [2.05, 4.69) is 0 Å². The van der Waals surface area contributed by atoms with Gasteiger partial charge >= 0.3 is 6.09 Å². The second kappa shape index (κ2) is 5.94. The molecule has 1 heterocycles. The van der Waals surface area contributed by atoms with E-state index in [1.165, 1.54) is 4.90 Å². The number of hydrogen-bond acceptors (Lipinski definition) is 4. The van der Waals surface area contributed by atoms with Gasteiger partial charge in [0, 0.05) is 26.2 Å². The summed E-state index contributed by atoms with van der Waals surface area (Å²) in [5, 5.41) is 0. The van der Waals surface area contributed by atoms with Crippen LogP contribution in [0.2, 0.25) is 0 Å². The number of carbonyl (C=O) groups excluding carboxylic acids is 2. The highest BCUT2D eigenvalue weighted by Gasteiger charge is 2.36. The zero-order chi connectivity index (χ0) is 14.7. The lowest BCUT2D eigenvalue weighted by molar-refractivity contribution is -0.128. The van der Waals surface area contributed by atoms with E-state index in [1.807, 2.05) is 43.3 Å². The van der Waals surface area contributed by atoms with E-state index in [-0.39, 0.29) is 18.6 Å². The number of anilines is 1. The molecule has 5 nitrogen and oxygen atoms in total. The lowest BCUT2D eigenvalue weighted by Gasteiger charge is -2.19. The Morgan fingerprint density at radius 3 is 2.55 bits per heavy atom. The van der Waals surface area contributed by atoms with E-state index in [1.54, 1.807) is 6.92 Å². The summed E-state index contributed by atoms with van der Waals surface area (Å²) in [6, 6.07) is 7.90. The number of imide groups is 1. The van der Waals surface area contributed by atoms with Gasteiger partial charge in [0.05, 0.1) is 6.04 Å². The fourth-order valence-corrected chi connectivity index (χ4v) is 2.29. The van der Waals surface area contributed by atoms with Crippen LogP contribution in [0.1, 0.15) is 18.9 Å². The fraction of sp³-hybridized carbons (Fsp3) is 0.467. The smallest absolute Gasteiger partial charge is 0.416 e. The Morgan fingerprint density at radius 1 is 1.35 bits per heavy atom. The van der Waals surface area contributed by atoms with E-state index in [9.17, 15) is 9.59 Å². The number of hydrogen-bond donors (Lipinski definition) is 0. The number of benzene rings is 1. The Labute approximate surface area is 119 Å². The molecular weight excluding hydrogens is 256 g/mol. The summed E-state index contributed by atoms with van der Waals surface area (Å²) in [5.74, 6) is -0.178. The van der Waals surface area contributed by atoms with Crippen LogP contribution in [0.15, 0.2) is 24.3 Å². The summed E-state index contributed by atoms with van der Waals surface area (Å²) in [7, 11) is 3.97. The van der Waals surface area contributed by atoms with Gasteiger partial charge in [-0.15, -0.1) is 0 Å². The second-order valence-corrected chi connectivity index (χ2v) is 5.11. The predicted molar refractivity (Wildman–Crippen MR) is 76.7 cm³/mol. The van der Waals surface area contributed by atoms with Gasteiger partial charge in [-0.2, -0.15) is 0 Å². The van der Waals surface area contributed by atoms with E-state index in [0.717, 1.165) is 11.3 Å². The van der Waals surface area contributed by atoms with Gasteiger partial charge in [-0.3, -0.25) is 4.79 Å². The Kier molecular flexibility index (Phi) is 4.27. The molecule has 1 aliphatic rings. The molecule has 1 saturated heterocycles. The van der Waals surface area contributed by atoms with Crippen molar-refractivity contribution in [1.29, 1.82) is 0 Å². The van der Waals surface area contributed by atoms with Gasteiger partial charge < -0.3 is 9.64 Å². The van der Waals surface area contributed by atoms with Crippen molar-refractivity contribution in [2.24, 2.45) is 0 Å². The van der Waals surface area contributed by atoms with Crippen LogP contribution >= 0.6 is 0 Å². The number of amides is 2. The monoisotopic (exact) mass is 276 g/mol. The third kappa shape index (κ3) is 2.92. The minimum Gasteiger partial charge on any atom is -0.447 e. The Balaban J connectivity index is 2.08. The van der Waals surface area contributed by atoms with Gasteiger partial charge in [0.25, 0.3) is 0 Å². The Hall–Kier alpha value is -2.04. The molecule has 0 aliphatic carbocycles. The summed E-state index contributed by atoms with van der Waals surface area (Å²) in [5.41, 5.74) is 2.21. The fourth-order valence-electron chi connectivity index (χ4n) is 2.29. The molecule has 0 unspecified atom stereocenters. The van der Waals surface area contributed by atoms with Gasteiger partial charge in [-0.1, -0.05) is 19.1 Å². The first-order valence-electron chi connectivity index (χ1n) is 6.78. The third-order valence-electron chi connectivity index (χ3n) is 3.46. The van der Waals surface area contributed by atoms with Crippen molar-refractivity contribution in [3.63, 3.8) is 0 Å². The lowest BCUT2D eigenvalue weighted by Crippen LogP contribution is -2.39. The van der Waals surface area contributed by atoms with Crippen molar-refractivity contribution in [2.45, 2.75) is 25.8 Å².